The molecule has 0 spiro atoms. The number of rotatable bonds is 5. The largest absolute Gasteiger partial charge is 0.494 e. The second kappa shape index (κ2) is 6.52. The molecule has 0 saturated carbocycles. The summed E-state index contributed by atoms with van der Waals surface area (Å²) in [5, 5.41) is -0.0345. The van der Waals surface area contributed by atoms with E-state index in [1.165, 1.54) is 0 Å². The maximum atomic E-state index is 13.7. The zero-order valence-corrected chi connectivity index (χ0v) is 14.3. The number of sulfonamides is 1. The van der Waals surface area contributed by atoms with Gasteiger partial charge >= 0.3 is 0 Å². The van der Waals surface area contributed by atoms with Crippen molar-refractivity contribution >= 4 is 36.7 Å². The zero-order chi connectivity index (χ0) is 18.2. The minimum absolute atomic E-state index is 0.0345. The highest BCUT2D eigenvalue weighted by Crippen LogP contribution is 2.31. The summed E-state index contributed by atoms with van der Waals surface area (Å²) in [5.74, 6) is -4.51. The van der Waals surface area contributed by atoms with Crippen molar-refractivity contribution in [2.45, 2.75) is 11.8 Å². The van der Waals surface area contributed by atoms with E-state index in [9.17, 15) is 21.6 Å². The fraction of sp³-hybridized carbons (Fsp3) is 0.133. The number of nitrogens with zero attached hydrogens (tertiary/aromatic N) is 1. The Balaban J connectivity index is 1.96. The second-order valence-electron chi connectivity index (χ2n) is 4.86. The van der Waals surface area contributed by atoms with Crippen LogP contribution >= 0.6 is 11.3 Å². The monoisotopic (exact) mass is 388 g/mol. The predicted molar refractivity (Wildman–Crippen MR) is 87.9 cm³/mol. The second-order valence-corrected chi connectivity index (χ2v) is 7.54. The Morgan fingerprint density at radius 3 is 2.64 bits per heavy atom. The summed E-state index contributed by atoms with van der Waals surface area (Å²) < 4.78 is 72.5. The van der Waals surface area contributed by atoms with Gasteiger partial charge in [0.15, 0.2) is 22.6 Å². The Hall–Kier alpha value is -2.33. The molecule has 1 heterocycles. The molecule has 0 radical (unpaired) electrons. The van der Waals surface area contributed by atoms with E-state index in [-0.39, 0.29) is 5.13 Å². The molecule has 0 aliphatic heterocycles. The van der Waals surface area contributed by atoms with Gasteiger partial charge in [-0.25, -0.2) is 26.6 Å². The quantitative estimate of drug-likeness (QED) is 0.673. The van der Waals surface area contributed by atoms with Gasteiger partial charge in [-0.1, -0.05) is 11.3 Å². The van der Waals surface area contributed by atoms with Gasteiger partial charge in [0.1, 0.15) is 10.6 Å². The maximum Gasteiger partial charge on any atom is 0.266 e. The van der Waals surface area contributed by atoms with Crippen LogP contribution in [0.1, 0.15) is 6.92 Å². The lowest BCUT2D eigenvalue weighted by atomic mass is 10.3. The number of halogens is 3. The Bertz CT molecular complexity index is 1050. The molecule has 0 aliphatic rings. The first-order valence-electron chi connectivity index (χ1n) is 7.01. The highest BCUT2D eigenvalue weighted by atomic mass is 32.2. The normalized spacial score (nSPS) is 11.7. The van der Waals surface area contributed by atoms with Gasteiger partial charge in [0.2, 0.25) is 0 Å². The molecule has 1 aromatic heterocycles. The topological polar surface area (TPSA) is 68.3 Å². The van der Waals surface area contributed by atoms with Crippen molar-refractivity contribution in [3.63, 3.8) is 0 Å². The van der Waals surface area contributed by atoms with Crippen LogP contribution < -0.4 is 9.46 Å². The lowest BCUT2D eigenvalue weighted by molar-refractivity contribution is 0.341. The van der Waals surface area contributed by atoms with Gasteiger partial charge in [0.05, 0.1) is 16.8 Å². The van der Waals surface area contributed by atoms with E-state index < -0.39 is 32.4 Å². The number of hydrogen-bond acceptors (Lipinski definition) is 5. The lowest BCUT2D eigenvalue weighted by Gasteiger charge is -2.06. The molecule has 10 heteroatoms. The third kappa shape index (κ3) is 3.40. The van der Waals surface area contributed by atoms with Crippen molar-refractivity contribution in [1.82, 2.24) is 4.98 Å². The van der Waals surface area contributed by atoms with Crippen LogP contribution in [0.3, 0.4) is 0 Å². The van der Waals surface area contributed by atoms with Gasteiger partial charge in [-0.15, -0.1) is 0 Å². The number of benzene rings is 2. The fourth-order valence-corrected chi connectivity index (χ4v) is 4.29. The number of anilines is 1. The molecule has 0 fully saturated rings. The SMILES string of the molecule is CCOc1ccc2nc(NS(=O)(=O)c3ccc(F)c(F)c3F)sc2c1. The van der Waals surface area contributed by atoms with E-state index >= 15 is 0 Å². The molecule has 0 amide bonds. The van der Waals surface area contributed by atoms with E-state index in [2.05, 4.69) is 9.71 Å². The molecular weight excluding hydrogens is 377 g/mol. The van der Waals surface area contributed by atoms with Crippen molar-refractivity contribution in [1.29, 1.82) is 0 Å². The third-order valence-corrected chi connectivity index (χ3v) is 5.60. The Kier molecular flexibility index (Phi) is 4.56. The average Bonchev–Trinajstić information content (AvgIpc) is 2.93. The number of hydrogen-bond donors (Lipinski definition) is 1. The zero-order valence-electron chi connectivity index (χ0n) is 12.7. The van der Waals surface area contributed by atoms with Crippen molar-refractivity contribution in [2.24, 2.45) is 0 Å². The van der Waals surface area contributed by atoms with Crippen molar-refractivity contribution in [3.05, 3.63) is 47.8 Å². The minimum Gasteiger partial charge on any atom is -0.494 e. The van der Waals surface area contributed by atoms with Crippen molar-refractivity contribution < 1.29 is 26.3 Å². The van der Waals surface area contributed by atoms with Gasteiger partial charge in [-0.05, 0) is 37.3 Å². The Morgan fingerprint density at radius 1 is 1.16 bits per heavy atom. The average molecular weight is 388 g/mol. The summed E-state index contributed by atoms with van der Waals surface area (Å²) in [5.41, 5.74) is 0.511. The van der Waals surface area contributed by atoms with Crippen LogP contribution in [0.25, 0.3) is 10.2 Å². The Morgan fingerprint density at radius 2 is 1.92 bits per heavy atom. The van der Waals surface area contributed by atoms with Crippen LogP contribution in [-0.4, -0.2) is 20.0 Å². The highest BCUT2D eigenvalue weighted by molar-refractivity contribution is 7.93. The first kappa shape index (κ1) is 17.5. The molecule has 0 unspecified atom stereocenters. The summed E-state index contributed by atoms with van der Waals surface area (Å²) >= 11 is 1.00. The van der Waals surface area contributed by atoms with Gasteiger partial charge in [0.25, 0.3) is 10.0 Å². The smallest absolute Gasteiger partial charge is 0.266 e. The van der Waals surface area contributed by atoms with Crippen LogP contribution in [0.15, 0.2) is 35.2 Å². The van der Waals surface area contributed by atoms with Gasteiger partial charge < -0.3 is 4.74 Å². The van der Waals surface area contributed by atoms with E-state index in [1.54, 1.807) is 18.2 Å². The van der Waals surface area contributed by atoms with Crippen LogP contribution in [0.4, 0.5) is 18.3 Å². The molecule has 2 aromatic carbocycles. The molecule has 0 saturated heterocycles. The van der Waals surface area contributed by atoms with Crippen LogP contribution in [0.2, 0.25) is 0 Å². The lowest BCUT2D eigenvalue weighted by Crippen LogP contribution is -2.15. The van der Waals surface area contributed by atoms with Crippen LogP contribution in [-0.2, 0) is 10.0 Å². The number of nitrogens with one attached hydrogen (secondary N) is 1. The molecule has 1 N–H and O–H groups in total. The van der Waals surface area contributed by atoms with Gasteiger partial charge in [-0.3, -0.25) is 4.72 Å². The van der Waals surface area contributed by atoms with E-state index in [4.69, 9.17) is 4.74 Å². The molecule has 3 aromatic rings. The minimum atomic E-state index is -4.47. The van der Waals surface area contributed by atoms with Crippen LogP contribution in [0.5, 0.6) is 5.75 Å². The number of aromatic nitrogens is 1. The van der Waals surface area contributed by atoms with Crippen molar-refractivity contribution in [3.8, 4) is 5.75 Å². The first-order valence-corrected chi connectivity index (χ1v) is 9.31. The highest BCUT2D eigenvalue weighted by Gasteiger charge is 2.25. The van der Waals surface area contributed by atoms with Gasteiger partial charge in [-0.2, -0.15) is 0 Å². The van der Waals surface area contributed by atoms with Crippen LogP contribution in [0, 0.1) is 17.5 Å². The number of ether oxygens (including phenoxy) is 1. The summed E-state index contributed by atoms with van der Waals surface area (Å²) in [4.78, 5) is 3.08. The molecule has 0 atom stereocenters. The molecule has 132 valence electrons. The third-order valence-electron chi connectivity index (χ3n) is 3.18. The summed E-state index contributed by atoms with van der Waals surface area (Å²) in [6.07, 6.45) is 0. The molecule has 0 aliphatic carbocycles. The van der Waals surface area contributed by atoms with Gasteiger partial charge in [0, 0.05) is 0 Å². The van der Waals surface area contributed by atoms with Crippen molar-refractivity contribution in [2.75, 3.05) is 11.3 Å². The molecule has 3 rings (SSSR count). The summed E-state index contributed by atoms with van der Waals surface area (Å²) in [6, 6.07) is 6.20. The number of thiazole rings is 1. The predicted octanol–water partition coefficient (Wildman–Crippen LogP) is 3.91. The molecular formula is C15H11F3N2O3S2. The summed E-state index contributed by atoms with van der Waals surface area (Å²) in [6.45, 7) is 2.30. The summed E-state index contributed by atoms with van der Waals surface area (Å²) in [7, 11) is -4.47. The molecule has 25 heavy (non-hydrogen) atoms. The maximum absolute atomic E-state index is 13.7. The standard InChI is InChI=1S/C15H11F3N2O3S2/c1-2-23-8-3-5-10-11(7-8)24-15(19-10)20-25(21,22)12-6-4-9(16)13(17)14(12)18/h3-7H,2H2,1H3,(H,19,20). The van der Waals surface area contributed by atoms with E-state index in [1.807, 2.05) is 6.92 Å². The van der Waals surface area contributed by atoms with E-state index in [0.29, 0.717) is 34.7 Å². The first-order chi connectivity index (χ1) is 11.8. The molecule has 0 bridgehead atoms. The Labute approximate surface area is 145 Å². The van der Waals surface area contributed by atoms with E-state index in [0.717, 1.165) is 11.3 Å². The fourth-order valence-electron chi connectivity index (χ4n) is 2.09. The number of fused-ring (bicyclic) bond motifs is 1. The molecule has 5 nitrogen and oxygen atoms in total.